The van der Waals surface area contributed by atoms with Crippen LogP contribution in [-0.2, 0) is 11.2 Å². The average Bonchev–Trinajstić information content (AvgIpc) is 2.72. The van der Waals surface area contributed by atoms with E-state index in [0.717, 1.165) is 11.5 Å². The number of rotatable bonds is 6. The number of carboxylic acids is 1. The van der Waals surface area contributed by atoms with Crippen LogP contribution in [0.15, 0.2) is 0 Å². The monoisotopic (exact) mass is 273 g/mol. The van der Waals surface area contributed by atoms with Crippen LogP contribution in [-0.4, -0.2) is 43.8 Å². The number of aryl methyl sites for hydroxylation is 1. The maximum Gasteiger partial charge on any atom is 0.306 e. The quantitative estimate of drug-likeness (QED) is 0.675. The topological polar surface area (TPSA) is 112 Å². The number of aromatic nitrogens is 2. The SMILES string of the molecule is CCc1nnsc1C(=O)NCC(C)(O)CC(=O)O. The minimum absolute atomic E-state index is 0.140. The van der Waals surface area contributed by atoms with Crippen molar-refractivity contribution >= 4 is 23.4 Å². The predicted octanol–water partition coefficient (Wildman–Crippen LogP) is 0.0560. The number of nitrogens with one attached hydrogen (secondary N) is 1. The highest BCUT2D eigenvalue weighted by Gasteiger charge is 2.26. The molecular weight excluding hydrogens is 258 g/mol. The van der Waals surface area contributed by atoms with Gasteiger partial charge in [0.25, 0.3) is 5.91 Å². The molecule has 0 spiro atoms. The van der Waals surface area contributed by atoms with E-state index in [1.807, 2.05) is 6.92 Å². The average molecular weight is 273 g/mol. The van der Waals surface area contributed by atoms with Crippen LogP contribution in [0.2, 0.25) is 0 Å². The minimum atomic E-state index is -1.48. The molecule has 0 fully saturated rings. The fourth-order valence-electron chi connectivity index (χ4n) is 1.35. The fourth-order valence-corrected chi connectivity index (χ4v) is 2.02. The summed E-state index contributed by atoms with van der Waals surface area (Å²) >= 11 is 0.976. The van der Waals surface area contributed by atoms with Gasteiger partial charge >= 0.3 is 5.97 Å². The van der Waals surface area contributed by atoms with Crippen LogP contribution in [0, 0.1) is 0 Å². The molecule has 1 aromatic heterocycles. The summed E-state index contributed by atoms with van der Waals surface area (Å²) in [4.78, 5) is 22.7. The van der Waals surface area contributed by atoms with Crippen molar-refractivity contribution in [1.29, 1.82) is 0 Å². The molecule has 1 aromatic rings. The summed E-state index contributed by atoms with van der Waals surface area (Å²) in [6.45, 7) is 3.07. The van der Waals surface area contributed by atoms with E-state index < -0.39 is 23.9 Å². The van der Waals surface area contributed by atoms with E-state index in [-0.39, 0.29) is 6.54 Å². The Morgan fingerprint density at radius 3 is 2.72 bits per heavy atom. The Labute approximate surface area is 108 Å². The van der Waals surface area contributed by atoms with Gasteiger partial charge in [0.2, 0.25) is 0 Å². The van der Waals surface area contributed by atoms with Gasteiger partial charge in [-0.2, -0.15) is 0 Å². The largest absolute Gasteiger partial charge is 0.481 e. The van der Waals surface area contributed by atoms with E-state index in [2.05, 4.69) is 14.9 Å². The van der Waals surface area contributed by atoms with E-state index >= 15 is 0 Å². The lowest BCUT2D eigenvalue weighted by Gasteiger charge is -2.21. The highest BCUT2D eigenvalue weighted by atomic mass is 32.1. The number of hydrogen-bond acceptors (Lipinski definition) is 6. The second-order valence-electron chi connectivity index (χ2n) is 4.15. The summed E-state index contributed by atoms with van der Waals surface area (Å²) in [5.41, 5.74) is -0.887. The lowest BCUT2D eigenvalue weighted by atomic mass is 10.0. The molecule has 0 bridgehead atoms. The molecule has 1 atom stereocenters. The first-order valence-corrected chi connectivity index (χ1v) is 6.16. The van der Waals surface area contributed by atoms with Gasteiger partial charge in [0, 0.05) is 6.54 Å². The van der Waals surface area contributed by atoms with Gasteiger partial charge in [-0.3, -0.25) is 9.59 Å². The van der Waals surface area contributed by atoms with Gasteiger partial charge in [-0.15, -0.1) is 5.10 Å². The summed E-state index contributed by atoms with van der Waals surface area (Å²) in [6.07, 6.45) is 0.152. The van der Waals surface area contributed by atoms with Gasteiger partial charge < -0.3 is 15.5 Å². The Kier molecular flexibility index (Phi) is 4.74. The lowest BCUT2D eigenvalue weighted by molar-refractivity contribution is -0.141. The van der Waals surface area contributed by atoms with Gasteiger partial charge in [-0.1, -0.05) is 11.4 Å². The molecule has 100 valence electrons. The smallest absolute Gasteiger partial charge is 0.306 e. The molecule has 0 aromatic carbocycles. The Morgan fingerprint density at radius 2 is 2.17 bits per heavy atom. The fraction of sp³-hybridized carbons (Fsp3) is 0.600. The highest BCUT2D eigenvalue weighted by Crippen LogP contribution is 2.12. The second kappa shape index (κ2) is 5.87. The van der Waals surface area contributed by atoms with Crippen LogP contribution in [0.3, 0.4) is 0 Å². The number of carbonyl (C=O) groups is 2. The zero-order valence-electron chi connectivity index (χ0n) is 10.1. The van der Waals surface area contributed by atoms with Crippen molar-refractivity contribution < 1.29 is 19.8 Å². The summed E-state index contributed by atoms with van der Waals surface area (Å²) in [5.74, 6) is -1.52. The molecule has 1 amide bonds. The van der Waals surface area contributed by atoms with E-state index in [0.29, 0.717) is 17.0 Å². The van der Waals surface area contributed by atoms with Crippen LogP contribution in [0.4, 0.5) is 0 Å². The van der Waals surface area contributed by atoms with Crippen molar-refractivity contribution in [2.75, 3.05) is 6.54 Å². The third-order valence-electron chi connectivity index (χ3n) is 2.26. The van der Waals surface area contributed by atoms with Gasteiger partial charge in [0.1, 0.15) is 4.88 Å². The Hall–Kier alpha value is -1.54. The second-order valence-corrected chi connectivity index (χ2v) is 4.91. The first kappa shape index (κ1) is 14.5. The maximum atomic E-state index is 11.8. The molecular formula is C10H15N3O4S. The number of aliphatic carboxylic acids is 1. The van der Waals surface area contributed by atoms with Crippen molar-refractivity contribution in [2.45, 2.75) is 32.3 Å². The van der Waals surface area contributed by atoms with Crippen molar-refractivity contribution in [3.63, 3.8) is 0 Å². The summed E-state index contributed by atoms with van der Waals surface area (Å²) in [6, 6.07) is 0. The van der Waals surface area contributed by atoms with Crippen LogP contribution in [0.25, 0.3) is 0 Å². The van der Waals surface area contributed by atoms with Crippen molar-refractivity contribution in [3.05, 3.63) is 10.6 Å². The van der Waals surface area contributed by atoms with E-state index in [1.165, 1.54) is 6.92 Å². The Bertz CT molecular complexity index is 444. The molecule has 1 heterocycles. The van der Waals surface area contributed by atoms with E-state index in [9.17, 15) is 14.7 Å². The van der Waals surface area contributed by atoms with Crippen molar-refractivity contribution in [2.24, 2.45) is 0 Å². The maximum absolute atomic E-state index is 11.8. The molecule has 0 radical (unpaired) electrons. The third-order valence-corrected chi connectivity index (χ3v) is 3.03. The molecule has 1 unspecified atom stereocenters. The Balaban J connectivity index is 2.59. The molecule has 1 rings (SSSR count). The summed E-state index contributed by atoms with van der Waals surface area (Å²) in [7, 11) is 0. The number of aliphatic hydroxyl groups is 1. The van der Waals surface area contributed by atoms with Crippen molar-refractivity contribution in [1.82, 2.24) is 14.9 Å². The number of carboxylic acid groups (broad SMARTS) is 1. The number of amides is 1. The molecule has 0 aliphatic carbocycles. The molecule has 0 saturated carbocycles. The molecule has 3 N–H and O–H groups in total. The van der Waals surface area contributed by atoms with Crippen LogP contribution in [0.1, 0.15) is 35.6 Å². The first-order chi connectivity index (χ1) is 8.35. The molecule has 0 aliphatic heterocycles. The van der Waals surface area contributed by atoms with Gasteiger partial charge in [0.05, 0.1) is 17.7 Å². The van der Waals surface area contributed by atoms with Gasteiger partial charge in [-0.25, -0.2) is 0 Å². The Morgan fingerprint density at radius 1 is 1.50 bits per heavy atom. The van der Waals surface area contributed by atoms with Gasteiger partial charge in [-0.05, 0) is 24.9 Å². The minimum Gasteiger partial charge on any atom is -0.481 e. The summed E-state index contributed by atoms with van der Waals surface area (Å²) in [5, 5.41) is 24.6. The summed E-state index contributed by atoms with van der Waals surface area (Å²) < 4.78 is 3.68. The molecule has 18 heavy (non-hydrogen) atoms. The molecule has 0 aliphatic rings. The normalized spacial score (nSPS) is 13.9. The predicted molar refractivity (Wildman–Crippen MR) is 64.5 cm³/mol. The van der Waals surface area contributed by atoms with E-state index in [4.69, 9.17) is 5.11 Å². The highest BCUT2D eigenvalue weighted by molar-refractivity contribution is 7.08. The molecule has 7 nitrogen and oxygen atoms in total. The van der Waals surface area contributed by atoms with E-state index in [1.54, 1.807) is 0 Å². The number of hydrogen-bond donors (Lipinski definition) is 3. The van der Waals surface area contributed by atoms with Crippen LogP contribution >= 0.6 is 11.5 Å². The third kappa shape index (κ3) is 4.04. The van der Waals surface area contributed by atoms with Crippen molar-refractivity contribution in [3.8, 4) is 0 Å². The standard InChI is InChI=1S/C10H15N3O4S/c1-3-6-8(18-13-12-6)9(16)11-5-10(2,17)4-7(14)15/h17H,3-5H2,1-2H3,(H,11,16)(H,14,15). The number of carbonyl (C=O) groups excluding carboxylic acids is 1. The molecule has 0 saturated heterocycles. The zero-order valence-corrected chi connectivity index (χ0v) is 11.0. The first-order valence-electron chi connectivity index (χ1n) is 5.39. The number of nitrogens with zero attached hydrogens (tertiary/aromatic N) is 2. The van der Waals surface area contributed by atoms with Crippen LogP contribution < -0.4 is 5.32 Å². The van der Waals surface area contributed by atoms with Gasteiger partial charge in [0.15, 0.2) is 0 Å². The lowest BCUT2D eigenvalue weighted by Crippen LogP contribution is -2.42. The van der Waals surface area contributed by atoms with Crippen LogP contribution in [0.5, 0.6) is 0 Å². The molecule has 8 heteroatoms. The zero-order chi connectivity index (χ0) is 13.8.